The number of nitrogens with two attached hydrogens (primary N) is 2. The van der Waals surface area contributed by atoms with E-state index in [4.69, 9.17) is 25.3 Å². The molecule has 0 fully saturated rings. The Kier molecular flexibility index (Phi) is 12.7. The number of sulfonamides is 2. The molecule has 0 spiro atoms. The number of nitrogens with zero attached hydrogens (tertiary/aromatic N) is 2. The van der Waals surface area contributed by atoms with Gasteiger partial charge in [-0.05, 0) is 74.5 Å². The Morgan fingerprint density at radius 1 is 0.692 bits per heavy atom. The molecule has 0 aliphatic heterocycles. The zero-order chi connectivity index (χ0) is 38.3. The third-order valence-electron chi connectivity index (χ3n) is 7.38. The summed E-state index contributed by atoms with van der Waals surface area (Å²) in [6.07, 6.45) is -0.567. The quantitative estimate of drug-likeness (QED) is 0.124. The number of benzene rings is 4. The van der Waals surface area contributed by atoms with Crippen LogP contribution in [0.5, 0.6) is 5.75 Å². The summed E-state index contributed by atoms with van der Waals surface area (Å²) in [7, 11) is -11.2. The monoisotopic (exact) mass is 775 g/mol. The predicted octanol–water partition coefficient (Wildman–Crippen LogP) is 3.41. The molecule has 4 aromatic rings. The smallest absolute Gasteiger partial charge is 0.340 e. The molecule has 52 heavy (non-hydrogen) atoms. The first-order valence-corrected chi connectivity index (χ1v) is 20.2. The van der Waals surface area contributed by atoms with Gasteiger partial charge in [0.05, 0.1) is 41.5 Å². The molecule has 0 aromatic heterocycles. The lowest BCUT2D eigenvalue weighted by Crippen LogP contribution is -2.39. The van der Waals surface area contributed by atoms with Gasteiger partial charge in [-0.2, -0.15) is 0 Å². The standard InChI is InChI=1S/C33H38N5O11PS2/c1-4-48-50(42,49-5-2)22-33(41)36-23-10-14-25(15-11-23)51(43,44)37(20-31(34)39)29-18-19-30(28-9-7-6-8-27(28)29)38(21-32(35)40)52(45,46)26-16-12-24(47-3)13-17-26/h6-19H,4-5,20-22H2,1-3H3,(H2,34,39)(H2,35,40)(H,36,41). The largest absolute Gasteiger partial charge is 0.497 e. The highest BCUT2D eigenvalue weighted by Crippen LogP contribution is 2.47. The van der Waals surface area contributed by atoms with Crippen LogP contribution in [-0.2, 0) is 48.0 Å². The molecule has 4 rings (SSSR count). The number of nitrogens with one attached hydrogen (secondary N) is 1. The number of carbonyl (C=O) groups is 3. The topological polar surface area (TPSA) is 235 Å². The number of carbonyl (C=O) groups excluding carboxylic acids is 3. The maximum Gasteiger partial charge on any atom is 0.340 e. The van der Waals surface area contributed by atoms with Crippen LogP contribution in [0.1, 0.15) is 13.8 Å². The van der Waals surface area contributed by atoms with Crippen molar-refractivity contribution in [1.29, 1.82) is 0 Å². The maximum absolute atomic E-state index is 14.1. The molecule has 16 nitrogen and oxygen atoms in total. The Morgan fingerprint density at radius 3 is 1.50 bits per heavy atom. The molecule has 0 saturated carbocycles. The molecule has 3 amide bonds. The van der Waals surface area contributed by atoms with E-state index >= 15 is 0 Å². The minimum atomic E-state index is -4.54. The van der Waals surface area contributed by atoms with E-state index in [1.165, 1.54) is 79.9 Å². The lowest BCUT2D eigenvalue weighted by molar-refractivity contribution is -0.117. The van der Waals surface area contributed by atoms with Crippen LogP contribution in [0, 0.1) is 0 Å². The Hall–Kier alpha value is -5.00. The van der Waals surface area contributed by atoms with Gasteiger partial charge in [-0.25, -0.2) is 16.8 Å². The molecule has 5 N–H and O–H groups in total. The van der Waals surface area contributed by atoms with Crippen LogP contribution in [0.3, 0.4) is 0 Å². The van der Waals surface area contributed by atoms with Gasteiger partial charge in [0.2, 0.25) is 17.7 Å². The van der Waals surface area contributed by atoms with Crippen LogP contribution in [-0.4, -0.2) is 74.1 Å². The molecule has 278 valence electrons. The predicted molar refractivity (Wildman–Crippen MR) is 195 cm³/mol. The van der Waals surface area contributed by atoms with Crippen molar-refractivity contribution in [2.24, 2.45) is 11.5 Å². The van der Waals surface area contributed by atoms with Crippen LogP contribution >= 0.6 is 7.60 Å². The Morgan fingerprint density at radius 2 is 1.12 bits per heavy atom. The van der Waals surface area contributed by atoms with Gasteiger partial charge in [0.15, 0.2) is 0 Å². The molecule has 0 bridgehead atoms. The Bertz CT molecular complexity index is 2210. The summed E-state index contributed by atoms with van der Waals surface area (Å²) in [5, 5.41) is 2.93. The maximum atomic E-state index is 14.1. The number of rotatable bonds is 18. The van der Waals surface area contributed by atoms with E-state index in [1.54, 1.807) is 26.0 Å². The molecule has 0 heterocycles. The van der Waals surface area contributed by atoms with Crippen molar-refractivity contribution in [3.8, 4) is 5.75 Å². The first kappa shape index (κ1) is 39.8. The van der Waals surface area contributed by atoms with Crippen LogP contribution in [0.2, 0.25) is 0 Å². The van der Waals surface area contributed by atoms with Gasteiger partial charge < -0.3 is 30.6 Å². The van der Waals surface area contributed by atoms with E-state index in [1.807, 2.05) is 0 Å². The van der Waals surface area contributed by atoms with Gasteiger partial charge in [-0.1, -0.05) is 24.3 Å². The van der Waals surface area contributed by atoms with Gasteiger partial charge in [-0.3, -0.25) is 27.6 Å². The summed E-state index contributed by atoms with van der Waals surface area (Å²) in [4.78, 5) is 36.6. The summed E-state index contributed by atoms with van der Waals surface area (Å²) in [6, 6.07) is 19.2. The van der Waals surface area contributed by atoms with Crippen LogP contribution < -0.4 is 30.1 Å². The van der Waals surface area contributed by atoms with E-state index in [2.05, 4.69) is 5.32 Å². The average molecular weight is 776 g/mol. The van der Waals surface area contributed by atoms with Crippen molar-refractivity contribution >= 4 is 73.2 Å². The minimum absolute atomic E-state index is 0.00343. The summed E-state index contributed by atoms with van der Waals surface area (Å²) in [5.74, 6) is -2.24. The summed E-state index contributed by atoms with van der Waals surface area (Å²) < 4.78 is 85.8. The highest BCUT2D eigenvalue weighted by atomic mass is 32.2. The van der Waals surface area contributed by atoms with Gasteiger partial charge >= 0.3 is 7.60 Å². The normalized spacial score (nSPS) is 11.9. The number of primary amides is 2. The molecule has 4 aromatic carbocycles. The van der Waals surface area contributed by atoms with E-state index < -0.39 is 64.6 Å². The minimum Gasteiger partial charge on any atom is -0.497 e. The van der Waals surface area contributed by atoms with Gasteiger partial charge in [0, 0.05) is 16.5 Å². The summed E-state index contributed by atoms with van der Waals surface area (Å²) in [5.41, 5.74) is 11.1. The zero-order valence-corrected chi connectivity index (χ0v) is 30.9. The number of amides is 3. The highest BCUT2D eigenvalue weighted by Gasteiger charge is 2.32. The number of hydrogen-bond donors (Lipinski definition) is 3. The molecule has 19 heteroatoms. The number of hydrogen-bond acceptors (Lipinski definition) is 11. The number of fused-ring (bicyclic) bond motifs is 1. The fourth-order valence-corrected chi connectivity index (χ4v) is 9.57. The third-order valence-corrected chi connectivity index (χ3v) is 12.9. The number of anilines is 3. The average Bonchev–Trinajstić information content (AvgIpc) is 3.09. The highest BCUT2D eigenvalue weighted by molar-refractivity contribution is 7.93. The fraction of sp³-hybridized carbons (Fsp3) is 0.242. The molecule has 0 aliphatic rings. The van der Waals surface area contributed by atoms with Crippen molar-refractivity contribution in [2.75, 3.05) is 53.5 Å². The Labute approximate surface area is 301 Å². The zero-order valence-electron chi connectivity index (χ0n) is 28.4. The molecular formula is C33H38N5O11PS2. The van der Waals surface area contributed by atoms with Gasteiger partial charge in [0.25, 0.3) is 20.0 Å². The second-order valence-electron chi connectivity index (χ2n) is 11.0. The third kappa shape index (κ3) is 9.07. The molecule has 0 saturated heterocycles. The molecule has 0 unspecified atom stereocenters. The first-order valence-electron chi connectivity index (χ1n) is 15.6. The second-order valence-corrected chi connectivity index (χ2v) is 16.7. The fourth-order valence-electron chi connectivity index (χ4n) is 5.20. The van der Waals surface area contributed by atoms with Crippen molar-refractivity contribution < 1.29 is 49.6 Å². The summed E-state index contributed by atoms with van der Waals surface area (Å²) >= 11 is 0. The first-order chi connectivity index (χ1) is 24.6. The van der Waals surface area contributed by atoms with Crippen LogP contribution in [0.25, 0.3) is 10.8 Å². The lowest BCUT2D eigenvalue weighted by atomic mass is 10.1. The number of methoxy groups -OCH3 is 1. The number of ether oxygens (including phenoxy) is 1. The van der Waals surface area contributed by atoms with E-state index in [0.717, 1.165) is 8.61 Å². The van der Waals surface area contributed by atoms with E-state index in [-0.39, 0.29) is 50.8 Å². The van der Waals surface area contributed by atoms with Crippen molar-refractivity contribution in [3.05, 3.63) is 84.9 Å². The van der Waals surface area contributed by atoms with Crippen LogP contribution in [0.15, 0.2) is 94.7 Å². The van der Waals surface area contributed by atoms with Crippen molar-refractivity contribution in [3.63, 3.8) is 0 Å². The van der Waals surface area contributed by atoms with E-state index in [9.17, 15) is 35.8 Å². The van der Waals surface area contributed by atoms with Crippen molar-refractivity contribution in [1.82, 2.24) is 0 Å². The van der Waals surface area contributed by atoms with Gasteiger partial charge in [-0.15, -0.1) is 0 Å². The molecule has 0 radical (unpaired) electrons. The molecule has 0 aliphatic carbocycles. The van der Waals surface area contributed by atoms with E-state index in [0.29, 0.717) is 5.75 Å². The second kappa shape index (κ2) is 16.6. The molecule has 0 atom stereocenters. The van der Waals surface area contributed by atoms with Crippen LogP contribution in [0.4, 0.5) is 17.1 Å². The SMILES string of the molecule is CCOP(=O)(CC(=O)Nc1ccc(S(=O)(=O)N(CC(N)=O)c2ccc(N(CC(N)=O)S(=O)(=O)c3ccc(OC)cc3)c3ccccc23)cc1)OCC. The lowest BCUT2D eigenvalue weighted by Gasteiger charge is -2.28. The van der Waals surface area contributed by atoms with Gasteiger partial charge in [0.1, 0.15) is 25.0 Å². The Balaban J connectivity index is 1.75. The molecular weight excluding hydrogens is 737 g/mol. The summed E-state index contributed by atoms with van der Waals surface area (Å²) in [6.45, 7) is 1.78. The van der Waals surface area contributed by atoms with Crippen molar-refractivity contribution in [2.45, 2.75) is 23.6 Å².